The summed E-state index contributed by atoms with van der Waals surface area (Å²) in [5.74, 6) is 7.67. The summed E-state index contributed by atoms with van der Waals surface area (Å²) in [5.41, 5.74) is 1.75. The van der Waals surface area contributed by atoms with Crippen LogP contribution in [-0.2, 0) is 19.1 Å². The van der Waals surface area contributed by atoms with Crippen molar-refractivity contribution in [3.63, 3.8) is 0 Å². The Bertz CT molecular complexity index is 1520. The molecule has 0 amide bonds. The van der Waals surface area contributed by atoms with Crippen LogP contribution in [0.5, 0.6) is 0 Å². The zero-order valence-electron chi connectivity index (χ0n) is 31.6. The summed E-state index contributed by atoms with van der Waals surface area (Å²) < 4.78 is 6.17. The molecule has 6 rings (SSSR count). The summed E-state index contributed by atoms with van der Waals surface area (Å²) in [4.78, 5) is 36.7. The Morgan fingerprint density at radius 2 is 1.59 bits per heavy atom. The van der Waals surface area contributed by atoms with Gasteiger partial charge in [0.2, 0.25) is 0 Å². The number of carbonyl (C=O) groups excluding carboxylic acids is 1. The van der Waals surface area contributed by atoms with Gasteiger partial charge in [-0.05, 0) is 150 Å². The van der Waals surface area contributed by atoms with Crippen molar-refractivity contribution in [1.82, 2.24) is 0 Å². The lowest BCUT2D eigenvalue weighted by Crippen LogP contribution is -2.66. The number of hydrogen-bond donors (Lipinski definition) is 2. The monoisotopic (exact) mass is 674 g/mol. The lowest BCUT2D eigenvalue weighted by molar-refractivity contribution is -0.247. The van der Waals surface area contributed by atoms with Crippen LogP contribution in [0.1, 0.15) is 145 Å². The molecule has 0 aliphatic heterocycles. The molecular formula is C43H62O6. The van der Waals surface area contributed by atoms with Crippen LogP contribution in [0, 0.1) is 73.9 Å². The van der Waals surface area contributed by atoms with Crippen molar-refractivity contribution in [1.29, 1.82) is 0 Å². The zero-order chi connectivity index (χ0) is 35.9. The summed E-state index contributed by atoms with van der Waals surface area (Å²) >= 11 is 0. The van der Waals surface area contributed by atoms with Crippen molar-refractivity contribution in [3.05, 3.63) is 23.3 Å². The molecule has 6 aliphatic rings. The molecule has 6 aliphatic carbocycles. The molecule has 0 heterocycles. The second-order valence-electron chi connectivity index (χ2n) is 19.4. The number of aliphatic carboxylic acids is 2. The largest absolute Gasteiger partial charge is 0.481 e. The van der Waals surface area contributed by atoms with Crippen molar-refractivity contribution in [3.8, 4) is 11.8 Å². The highest BCUT2D eigenvalue weighted by Gasteiger charge is 2.71. The molecule has 0 spiro atoms. The predicted octanol–water partition coefficient (Wildman–Crippen LogP) is 9.63. The minimum atomic E-state index is -1.15. The van der Waals surface area contributed by atoms with Gasteiger partial charge in [-0.2, -0.15) is 0 Å². The summed E-state index contributed by atoms with van der Waals surface area (Å²) in [6, 6.07) is 0. The maximum Gasteiger partial charge on any atom is 0.332 e. The lowest BCUT2D eigenvalue weighted by atomic mass is 9.32. The number of carboxylic acids is 2. The summed E-state index contributed by atoms with van der Waals surface area (Å²) in [6.07, 6.45) is 13.0. The number of esters is 1. The molecule has 6 nitrogen and oxygen atoms in total. The van der Waals surface area contributed by atoms with E-state index in [2.05, 4.69) is 60.0 Å². The van der Waals surface area contributed by atoms with Crippen LogP contribution in [-0.4, -0.2) is 34.2 Å². The first-order valence-corrected chi connectivity index (χ1v) is 19.3. The Morgan fingerprint density at radius 3 is 2.24 bits per heavy atom. The molecule has 0 saturated heterocycles. The molecule has 10 atom stereocenters. The van der Waals surface area contributed by atoms with Crippen LogP contribution in [0.2, 0.25) is 0 Å². The Hall–Kier alpha value is -2.55. The molecule has 0 bridgehead atoms. The average molecular weight is 675 g/mol. The number of allylic oxidation sites excluding steroid dienone is 2. The molecule has 5 unspecified atom stereocenters. The van der Waals surface area contributed by atoms with E-state index in [0.29, 0.717) is 41.6 Å². The fraction of sp³-hybridized carbons (Fsp3) is 0.791. The Kier molecular flexibility index (Phi) is 8.89. The van der Waals surface area contributed by atoms with Crippen molar-refractivity contribution >= 4 is 17.9 Å². The van der Waals surface area contributed by atoms with Gasteiger partial charge < -0.3 is 14.9 Å². The van der Waals surface area contributed by atoms with Crippen LogP contribution in [0.4, 0.5) is 0 Å². The standard InChI is InChI=1S/C43H62O6/c1-26(2)28-16-22-43(21-15-27-11-10-12-29(27)36(45)46)24-23-41(8)30(35(28)43)13-14-32-40(7)19-18-33(49-34(44)25-38(3,4)37(47)48)39(5,6)31(40)17-20-42(32,41)9/h28,30-33,35H,1,10-14,16-20,22-25H2,2-9H3,(H,45,46)(H,47,48)/t28-,30?,31?,32?,33-,35?,40-,41+,42+,43?/m0/s1. The SMILES string of the molecule is C=C(C)[C@@H]1CCC2(C#CC3=C(C(=O)O)CCC3)CC[C@]3(C)C(CCC4[C@@]5(C)CC[C@H](OC(=O)CC(C)(C)C(=O)O)C(C)(C)C5CC[C@]43C)C12. The molecule has 0 aromatic heterocycles. The van der Waals surface area contributed by atoms with Crippen LogP contribution in [0.25, 0.3) is 0 Å². The third kappa shape index (κ3) is 5.45. The number of fused-ring (bicyclic) bond motifs is 7. The first kappa shape index (κ1) is 36.2. The second-order valence-corrected chi connectivity index (χ2v) is 19.4. The molecule has 6 heteroatoms. The van der Waals surface area contributed by atoms with Gasteiger partial charge in [-0.3, -0.25) is 9.59 Å². The molecule has 2 N–H and O–H groups in total. The van der Waals surface area contributed by atoms with E-state index in [-0.39, 0.29) is 39.6 Å². The Labute approximate surface area is 295 Å². The average Bonchev–Trinajstić information content (AvgIpc) is 3.63. The number of rotatable bonds is 6. The quantitative estimate of drug-likeness (QED) is 0.165. The molecule has 270 valence electrons. The molecule has 0 aromatic rings. The van der Waals surface area contributed by atoms with E-state index in [9.17, 15) is 24.6 Å². The van der Waals surface area contributed by atoms with E-state index >= 15 is 0 Å². The highest BCUT2D eigenvalue weighted by molar-refractivity contribution is 5.89. The number of carbonyl (C=O) groups is 3. The molecule has 5 fully saturated rings. The van der Waals surface area contributed by atoms with E-state index in [1.165, 1.54) is 24.8 Å². The summed E-state index contributed by atoms with van der Waals surface area (Å²) in [7, 11) is 0. The molecule has 5 saturated carbocycles. The summed E-state index contributed by atoms with van der Waals surface area (Å²) in [5, 5.41) is 19.4. The Morgan fingerprint density at radius 1 is 0.878 bits per heavy atom. The van der Waals surface area contributed by atoms with Gasteiger partial charge in [0.15, 0.2) is 0 Å². The van der Waals surface area contributed by atoms with E-state index in [1.807, 2.05) is 0 Å². The van der Waals surface area contributed by atoms with Gasteiger partial charge in [-0.25, -0.2) is 4.79 Å². The maximum absolute atomic E-state index is 13.1. The van der Waals surface area contributed by atoms with Gasteiger partial charge in [0.05, 0.1) is 11.8 Å². The normalized spacial score (nSPS) is 42.4. The van der Waals surface area contributed by atoms with Crippen molar-refractivity contribution < 1.29 is 29.3 Å². The van der Waals surface area contributed by atoms with Crippen LogP contribution >= 0.6 is 0 Å². The molecular weight excluding hydrogens is 612 g/mol. The smallest absolute Gasteiger partial charge is 0.332 e. The molecule has 49 heavy (non-hydrogen) atoms. The third-order valence-electron chi connectivity index (χ3n) is 16.4. The van der Waals surface area contributed by atoms with Crippen molar-refractivity contribution in [2.45, 2.75) is 151 Å². The van der Waals surface area contributed by atoms with E-state index in [4.69, 9.17) is 4.74 Å². The second kappa shape index (κ2) is 12.0. The van der Waals surface area contributed by atoms with Gasteiger partial charge in [0.25, 0.3) is 0 Å². The summed E-state index contributed by atoms with van der Waals surface area (Å²) in [6.45, 7) is 22.3. The van der Waals surface area contributed by atoms with Gasteiger partial charge in [-0.15, -0.1) is 0 Å². The van der Waals surface area contributed by atoms with E-state index in [0.717, 1.165) is 63.4 Å². The number of hydrogen-bond acceptors (Lipinski definition) is 4. The highest BCUT2D eigenvalue weighted by atomic mass is 16.5. The molecule has 0 aromatic carbocycles. The first-order chi connectivity index (χ1) is 22.7. The maximum atomic E-state index is 13.1. The van der Waals surface area contributed by atoms with Gasteiger partial charge in [0, 0.05) is 22.0 Å². The van der Waals surface area contributed by atoms with E-state index in [1.54, 1.807) is 13.8 Å². The fourth-order valence-corrected chi connectivity index (χ4v) is 13.5. The van der Waals surface area contributed by atoms with Gasteiger partial charge in [-0.1, -0.05) is 58.6 Å². The minimum absolute atomic E-state index is 0.0730. The predicted molar refractivity (Wildman–Crippen MR) is 191 cm³/mol. The van der Waals surface area contributed by atoms with Crippen molar-refractivity contribution in [2.75, 3.05) is 0 Å². The topological polar surface area (TPSA) is 101 Å². The van der Waals surface area contributed by atoms with Crippen LogP contribution < -0.4 is 0 Å². The minimum Gasteiger partial charge on any atom is -0.481 e. The third-order valence-corrected chi connectivity index (χ3v) is 16.4. The highest BCUT2D eigenvalue weighted by Crippen LogP contribution is 2.77. The number of ether oxygens (including phenoxy) is 1. The zero-order valence-corrected chi connectivity index (χ0v) is 31.6. The van der Waals surface area contributed by atoms with Crippen molar-refractivity contribution in [2.24, 2.45) is 62.1 Å². The number of carboxylic acid groups (broad SMARTS) is 2. The fourth-order valence-electron chi connectivity index (χ4n) is 13.5. The van der Waals surface area contributed by atoms with Crippen LogP contribution in [0.3, 0.4) is 0 Å². The van der Waals surface area contributed by atoms with Gasteiger partial charge in [0.1, 0.15) is 6.10 Å². The Balaban J connectivity index is 1.28. The van der Waals surface area contributed by atoms with Gasteiger partial charge >= 0.3 is 17.9 Å². The van der Waals surface area contributed by atoms with Crippen LogP contribution in [0.15, 0.2) is 23.3 Å². The molecule has 0 radical (unpaired) electrons. The first-order valence-electron chi connectivity index (χ1n) is 19.3. The van der Waals surface area contributed by atoms with E-state index < -0.39 is 23.3 Å². The lowest BCUT2D eigenvalue weighted by Gasteiger charge is -2.72.